The maximum absolute atomic E-state index is 14.0. The van der Waals surface area contributed by atoms with Crippen molar-refractivity contribution < 1.29 is 18.3 Å². The number of halogens is 3. The van der Waals surface area contributed by atoms with E-state index in [2.05, 4.69) is 21.2 Å². The SMILES string of the molecule is CC(C)(C)OC(=O)NC1CCCN(Cc2c(F)ccc(F)c2Br)C1. The van der Waals surface area contributed by atoms with Crippen molar-refractivity contribution in [2.24, 2.45) is 0 Å². The molecule has 1 unspecified atom stereocenters. The first-order valence-corrected chi connectivity index (χ1v) is 8.79. The Morgan fingerprint density at radius 1 is 1.38 bits per heavy atom. The van der Waals surface area contributed by atoms with Crippen LogP contribution in [0.4, 0.5) is 13.6 Å². The minimum absolute atomic E-state index is 0.0657. The maximum atomic E-state index is 14.0. The van der Waals surface area contributed by atoms with Crippen LogP contribution in [0.1, 0.15) is 39.2 Å². The van der Waals surface area contributed by atoms with E-state index in [0.717, 1.165) is 31.5 Å². The standard InChI is InChI=1S/C17H23BrF2N2O2/c1-17(2,3)24-16(23)21-11-5-4-8-22(9-11)10-12-13(19)6-7-14(20)15(12)18/h6-7,11H,4-5,8-10H2,1-3H3,(H,21,23). The van der Waals surface area contributed by atoms with Gasteiger partial charge in [-0.05, 0) is 68.2 Å². The Kier molecular flexibility index (Phi) is 6.20. The zero-order valence-electron chi connectivity index (χ0n) is 14.2. The number of likely N-dealkylation sites (tertiary alicyclic amines) is 1. The molecule has 2 rings (SSSR count). The van der Waals surface area contributed by atoms with Crippen LogP contribution in [0.25, 0.3) is 0 Å². The Morgan fingerprint density at radius 2 is 2.04 bits per heavy atom. The molecule has 1 saturated heterocycles. The van der Waals surface area contributed by atoms with Gasteiger partial charge in [0.2, 0.25) is 0 Å². The lowest BCUT2D eigenvalue weighted by molar-refractivity contribution is 0.0470. The lowest BCUT2D eigenvalue weighted by Crippen LogP contribution is -2.48. The molecule has 7 heteroatoms. The van der Waals surface area contributed by atoms with Gasteiger partial charge in [-0.1, -0.05) is 0 Å². The molecule has 1 atom stereocenters. The Hall–Kier alpha value is -1.21. The average molecular weight is 405 g/mol. The lowest BCUT2D eigenvalue weighted by atomic mass is 10.0. The lowest BCUT2D eigenvalue weighted by Gasteiger charge is -2.33. The Labute approximate surface area is 149 Å². The van der Waals surface area contributed by atoms with E-state index in [-0.39, 0.29) is 17.1 Å². The van der Waals surface area contributed by atoms with Gasteiger partial charge in [-0.2, -0.15) is 0 Å². The second-order valence-corrected chi connectivity index (χ2v) is 7.84. The van der Waals surface area contributed by atoms with Crippen molar-refractivity contribution >= 4 is 22.0 Å². The van der Waals surface area contributed by atoms with E-state index in [4.69, 9.17) is 4.74 Å². The van der Waals surface area contributed by atoms with E-state index in [1.807, 2.05) is 25.7 Å². The van der Waals surface area contributed by atoms with Crippen molar-refractivity contribution in [3.8, 4) is 0 Å². The van der Waals surface area contributed by atoms with Gasteiger partial charge in [0.1, 0.15) is 17.2 Å². The minimum Gasteiger partial charge on any atom is -0.444 e. The molecule has 0 aliphatic carbocycles. The number of ether oxygens (including phenoxy) is 1. The molecule has 0 radical (unpaired) electrons. The fourth-order valence-corrected chi connectivity index (χ4v) is 3.18. The molecule has 1 aliphatic rings. The van der Waals surface area contributed by atoms with Gasteiger partial charge in [0.15, 0.2) is 0 Å². The number of piperidine rings is 1. The fraction of sp³-hybridized carbons (Fsp3) is 0.588. The van der Waals surface area contributed by atoms with Crippen molar-refractivity contribution in [1.29, 1.82) is 0 Å². The van der Waals surface area contributed by atoms with Crippen molar-refractivity contribution in [1.82, 2.24) is 10.2 Å². The van der Waals surface area contributed by atoms with Crippen molar-refractivity contribution in [2.45, 2.75) is 51.8 Å². The van der Waals surface area contributed by atoms with Gasteiger partial charge in [-0.15, -0.1) is 0 Å². The van der Waals surface area contributed by atoms with Crippen LogP contribution in [0.3, 0.4) is 0 Å². The largest absolute Gasteiger partial charge is 0.444 e. The molecule has 0 bridgehead atoms. The summed E-state index contributed by atoms with van der Waals surface area (Å²) < 4.78 is 33.0. The van der Waals surface area contributed by atoms with E-state index in [9.17, 15) is 13.6 Å². The molecule has 1 aromatic rings. The number of hydrogen-bond acceptors (Lipinski definition) is 3. The molecule has 1 fully saturated rings. The number of carbonyl (C=O) groups is 1. The van der Waals surface area contributed by atoms with Gasteiger partial charge in [0.25, 0.3) is 0 Å². The first-order chi connectivity index (χ1) is 11.2. The predicted octanol–water partition coefficient (Wildman–Crippen LogP) is 4.22. The first-order valence-electron chi connectivity index (χ1n) is 8.00. The molecule has 1 aliphatic heterocycles. The highest BCUT2D eigenvalue weighted by molar-refractivity contribution is 9.10. The van der Waals surface area contributed by atoms with E-state index in [1.165, 1.54) is 0 Å². The number of benzene rings is 1. The van der Waals surface area contributed by atoms with Gasteiger partial charge in [0.05, 0.1) is 4.47 Å². The zero-order chi connectivity index (χ0) is 17.9. The Balaban J connectivity index is 1.97. The van der Waals surface area contributed by atoms with Crippen LogP contribution in [0.2, 0.25) is 0 Å². The van der Waals surface area contributed by atoms with Gasteiger partial charge >= 0.3 is 6.09 Å². The van der Waals surface area contributed by atoms with Crippen molar-refractivity contribution in [3.05, 3.63) is 33.8 Å². The van der Waals surface area contributed by atoms with E-state index in [0.29, 0.717) is 12.1 Å². The molecule has 0 spiro atoms. The molecule has 0 saturated carbocycles. The Morgan fingerprint density at radius 3 is 2.71 bits per heavy atom. The van der Waals surface area contributed by atoms with Gasteiger partial charge < -0.3 is 10.1 Å². The van der Waals surface area contributed by atoms with E-state index < -0.39 is 23.3 Å². The molecule has 1 heterocycles. The highest BCUT2D eigenvalue weighted by atomic mass is 79.9. The fourth-order valence-electron chi connectivity index (χ4n) is 2.73. The number of alkyl carbamates (subject to hydrolysis) is 1. The molecular formula is C17H23BrF2N2O2. The second-order valence-electron chi connectivity index (χ2n) is 7.04. The van der Waals surface area contributed by atoms with Gasteiger partial charge in [-0.25, -0.2) is 13.6 Å². The topological polar surface area (TPSA) is 41.6 Å². The van der Waals surface area contributed by atoms with Crippen LogP contribution in [-0.2, 0) is 11.3 Å². The van der Waals surface area contributed by atoms with Crippen molar-refractivity contribution in [2.75, 3.05) is 13.1 Å². The molecule has 1 aromatic carbocycles. The quantitative estimate of drug-likeness (QED) is 0.766. The summed E-state index contributed by atoms with van der Waals surface area (Å²) >= 11 is 3.11. The average Bonchev–Trinajstić information content (AvgIpc) is 2.46. The van der Waals surface area contributed by atoms with E-state index >= 15 is 0 Å². The summed E-state index contributed by atoms with van der Waals surface area (Å²) in [6.45, 7) is 7.06. The third kappa shape index (κ3) is 5.41. The number of rotatable bonds is 3. The zero-order valence-corrected chi connectivity index (χ0v) is 15.8. The van der Waals surface area contributed by atoms with Crippen LogP contribution in [-0.4, -0.2) is 35.7 Å². The number of amides is 1. The second kappa shape index (κ2) is 7.78. The molecule has 1 N–H and O–H groups in total. The number of carbonyl (C=O) groups excluding carboxylic acids is 1. The minimum atomic E-state index is -0.548. The summed E-state index contributed by atoms with van der Waals surface area (Å²) in [6, 6.07) is 2.17. The monoisotopic (exact) mass is 404 g/mol. The molecule has 134 valence electrons. The van der Waals surface area contributed by atoms with Crippen LogP contribution in [0, 0.1) is 11.6 Å². The summed E-state index contributed by atoms with van der Waals surface area (Å²) in [4.78, 5) is 13.9. The third-order valence-corrected chi connectivity index (χ3v) is 4.60. The molecular weight excluding hydrogens is 382 g/mol. The number of nitrogens with one attached hydrogen (secondary N) is 1. The van der Waals surface area contributed by atoms with Crippen LogP contribution in [0.5, 0.6) is 0 Å². The molecule has 4 nitrogen and oxygen atoms in total. The third-order valence-electron chi connectivity index (χ3n) is 3.75. The van der Waals surface area contributed by atoms with Crippen LogP contribution in [0.15, 0.2) is 16.6 Å². The summed E-state index contributed by atoms with van der Waals surface area (Å²) in [6.07, 6.45) is 1.25. The highest BCUT2D eigenvalue weighted by Crippen LogP contribution is 2.26. The normalized spacial score (nSPS) is 19.2. The number of hydrogen-bond donors (Lipinski definition) is 1. The Bertz CT molecular complexity index is 605. The summed E-state index contributed by atoms with van der Waals surface area (Å²) in [5, 5.41) is 2.85. The van der Waals surface area contributed by atoms with Gasteiger partial charge in [-0.3, -0.25) is 4.90 Å². The summed E-state index contributed by atoms with van der Waals surface area (Å²) in [5.41, 5.74) is -0.249. The molecule has 0 aromatic heterocycles. The van der Waals surface area contributed by atoms with E-state index in [1.54, 1.807) is 0 Å². The van der Waals surface area contributed by atoms with Crippen molar-refractivity contribution in [3.63, 3.8) is 0 Å². The smallest absolute Gasteiger partial charge is 0.407 e. The van der Waals surface area contributed by atoms with Gasteiger partial charge in [0, 0.05) is 24.7 Å². The maximum Gasteiger partial charge on any atom is 0.407 e. The van der Waals surface area contributed by atoms with Crippen LogP contribution < -0.4 is 5.32 Å². The highest BCUT2D eigenvalue weighted by Gasteiger charge is 2.25. The first kappa shape index (κ1) is 19.1. The van der Waals surface area contributed by atoms with Crippen LogP contribution >= 0.6 is 15.9 Å². The number of nitrogens with zero attached hydrogens (tertiary/aromatic N) is 1. The molecule has 24 heavy (non-hydrogen) atoms. The summed E-state index contributed by atoms with van der Waals surface area (Å²) in [5.74, 6) is -0.919. The predicted molar refractivity (Wildman–Crippen MR) is 91.7 cm³/mol. The molecule has 1 amide bonds. The summed E-state index contributed by atoms with van der Waals surface area (Å²) in [7, 11) is 0.